The Morgan fingerprint density at radius 2 is 1.54 bits per heavy atom. The molecule has 4 aromatic carbocycles. The summed E-state index contributed by atoms with van der Waals surface area (Å²) in [5.74, 6) is -0.0689. The highest BCUT2D eigenvalue weighted by Crippen LogP contribution is 2.30. The topological polar surface area (TPSA) is 64.7 Å². The van der Waals surface area contributed by atoms with E-state index in [1.165, 1.54) is 0 Å². The predicted octanol–water partition coefficient (Wildman–Crippen LogP) is 6.38. The molecular formula is C35H38N4O2. The molecule has 0 radical (unpaired) electrons. The lowest BCUT2D eigenvalue weighted by Gasteiger charge is -2.30. The summed E-state index contributed by atoms with van der Waals surface area (Å²) >= 11 is 0. The van der Waals surface area contributed by atoms with Crippen LogP contribution in [0.3, 0.4) is 0 Å². The van der Waals surface area contributed by atoms with E-state index < -0.39 is 0 Å². The van der Waals surface area contributed by atoms with Gasteiger partial charge in [-0.15, -0.1) is 0 Å². The largest absolute Gasteiger partial charge is 0.370 e. The third-order valence-corrected chi connectivity index (χ3v) is 7.81. The van der Waals surface area contributed by atoms with Gasteiger partial charge >= 0.3 is 0 Å². The van der Waals surface area contributed by atoms with E-state index in [1.54, 1.807) is 0 Å². The Labute approximate surface area is 243 Å². The number of nitrogens with one attached hydrogen (secondary N) is 2. The first-order valence-electron chi connectivity index (χ1n) is 14.4. The quantitative estimate of drug-likeness (QED) is 0.242. The standard InChI is InChI=1S/C35H38N4O2/c1-3-23-36-35(41)33(27-14-8-5-9-15-27)39-24-22-30(25-39)38(2)29-20-18-28(19-21-29)37-34(40)32-17-11-10-16-31(32)26-12-6-4-7-13-26/h4-21,30,33H,3,22-25H2,1-2H3,(H,36,41)(H,37,40). The van der Waals surface area contributed by atoms with E-state index >= 15 is 0 Å². The van der Waals surface area contributed by atoms with Crippen LogP contribution in [-0.2, 0) is 4.79 Å². The number of hydrogen-bond donors (Lipinski definition) is 2. The Hall–Kier alpha value is -4.42. The first-order valence-corrected chi connectivity index (χ1v) is 14.4. The Kier molecular flexibility index (Phi) is 9.12. The summed E-state index contributed by atoms with van der Waals surface area (Å²) in [6.45, 7) is 4.40. The Morgan fingerprint density at radius 3 is 2.24 bits per heavy atom. The Bertz CT molecular complexity index is 1440. The van der Waals surface area contributed by atoms with E-state index in [4.69, 9.17) is 0 Å². The van der Waals surface area contributed by atoms with Gasteiger partial charge < -0.3 is 15.5 Å². The van der Waals surface area contributed by atoms with Gasteiger partial charge in [-0.1, -0.05) is 85.8 Å². The number of carbonyl (C=O) groups excluding carboxylic acids is 2. The van der Waals surface area contributed by atoms with Crippen LogP contribution < -0.4 is 15.5 Å². The second-order valence-corrected chi connectivity index (χ2v) is 10.6. The average molecular weight is 547 g/mol. The smallest absolute Gasteiger partial charge is 0.256 e. The molecule has 0 spiro atoms. The molecule has 1 saturated heterocycles. The van der Waals surface area contributed by atoms with E-state index in [2.05, 4.69) is 34.4 Å². The van der Waals surface area contributed by atoms with Gasteiger partial charge in [0.05, 0.1) is 0 Å². The van der Waals surface area contributed by atoms with Crippen molar-refractivity contribution < 1.29 is 9.59 Å². The highest BCUT2D eigenvalue weighted by molar-refractivity contribution is 6.08. The number of hydrogen-bond acceptors (Lipinski definition) is 4. The third kappa shape index (κ3) is 6.67. The van der Waals surface area contributed by atoms with Crippen molar-refractivity contribution in [3.63, 3.8) is 0 Å². The molecule has 0 saturated carbocycles. The van der Waals surface area contributed by atoms with Crippen LogP contribution in [0.4, 0.5) is 11.4 Å². The predicted molar refractivity (Wildman–Crippen MR) is 167 cm³/mol. The van der Waals surface area contributed by atoms with Crippen LogP contribution in [0.1, 0.15) is 41.7 Å². The van der Waals surface area contributed by atoms with E-state index in [1.807, 2.05) is 109 Å². The van der Waals surface area contributed by atoms with Crippen molar-refractivity contribution in [2.75, 3.05) is 36.9 Å². The molecule has 1 aliphatic heterocycles. The zero-order valence-electron chi connectivity index (χ0n) is 23.8. The number of anilines is 2. The van der Waals surface area contributed by atoms with Gasteiger partial charge in [-0.3, -0.25) is 14.5 Å². The number of nitrogens with zero attached hydrogens (tertiary/aromatic N) is 2. The minimum Gasteiger partial charge on any atom is -0.370 e. The molecule has 6 nitrogen and oxygen atoms in total. The molecule has 0 aliphatic carbocycles. The van der Waals surface area contributed by atoms with Crippen molar-refractivity contribution >= 4 is 23.2 Å². The van der Waals surface area contributed by atoms with Crippen LogP contribution in [0.25, 0.3) is 11.1 Å². The van der Waals surface area contributed by atoms with E-state index in [0.717, 1.165) is 54.0 Å². The van der Waals surface area contributed by atoms with Crippen molar-refractivity contribution in [1.29, 1.82) is 0 Å². The minimum absolute atomic E-state index is 0.0651. The van der Waals surface area contributed by atoms with Gasteiger partial charge in [-0.05, 0) is 59.9 Å². The molecule has 2 atom stereocenters. The van der Waals surface area contributed by atoms with Crippen LogP contribution in [-0.4, -0.2) is 49.4 Å². The van der Waals surface area contributed by atoms with Gasteiger partial charge in [-0.2, -0.15) is 0 Å². The first-order chi connectivity index (χ1) is 20.0. The van der Waals surface area contributed by atoms with Gasteiger partial charge in [0.15, 0.2) is 0 Å². The van der Waals surface area contributed by atoms with Crippen LogP contribution in [0, 0.1) is 0 Å². The monoisotopic (exact) mass is 546 g/mol. The molecule has 1 aliphatic rings. The van der Waals surface area contributed by atoms with Crippen LogP contribution >= 0.6 is 0 Å². The van der Waals surface area contributed by atoms with Gasteiger partial charge in [-0.25, -0.2) is 0 Å². The molecule has 2 unspecified atom stereocenters. The van der Waals surface area contributed by atoms with E-state index in [9.17, 15) is 9.59 Å². The van der Waals surface area contributed by atoms with E-state index in [0.29, 0.717) is 12.1 Å². The number of likely N-dealkylation sites (tertiary alicyclic amines) is 1. The maximum absolute atomic E-state index is 13.2. The number of carbonyl (C=O) groups is 2. The maximum Gasteiger partial charge on any atom is 0.256 e. The van der Waals surface area contributed by atoms with Gasteiger partial charge in [0.1, 0.15) is 6.04 Å². The number of amides is 2. The fourth-order valence-electron chi connectivity index (χ4n) is 5.57. The lowest BCUT2D eigenvalue weighted by atomic mass is 9.99. The summed E-state index contributed by atoms with van der Waals surface area (Å²) < 4.78 is 0. The van der Waals surface area contributed by atoms with Crippen LogP contribution in [0.2, 0.25) is 0 Å². The Morgan fingerprint density at radius 1 is 0.878 bits per heavy atom. The highest BCUT2D eigenvalue weighted by atomic mass is 16.2. The molecule has 4 aromatic rings. The zero-order valence-corrected chi connectivity index (χ0v) is 23.8. The van der Waals surface area contributed by atoms with Crippen molar-refractivity contribution in [3.8, 4) is 11.1 Å². The van der Waals surface area contributed by atoms with Gasteiger partial charge in [0.25, 0.3) is 5.91 Å². The van der Waals surface area contributed by atoms with Crippen molar-refractivity contribution in [1.82, 2.24) is 10.2 Å². The molecular weight excluding hydrogens is 508 g/mol. The third-order valence-electron chi connectivity index (χ3n) is 7.81. The summed E-state index contributed by atoms with van der Waals surface area (Å²) in [5.41, 5.74) is 5.41. The Balaban J connectivity index is 1.25. The van der Waals surface area contributed by atoms with Crippen LogP contribution in [0.15, 0.2) is 109 Å². The molecule has 0 aromatic heterocycles. The lowest BCUT2D eigenvalue weighted by Crippen LogP contribution is -2.42. The first kappa shape index (κ1) is 28.1. The number of rotatable bonds is 10. The SMILES string of the molecule is CCCNC(=O)C(c1ccccc1)N1CCC(N(C)c2ccc(NC(=O)c3ccccc3-c3ccccc3)cc2)C1. The fraction of sp³-hybridized carbons (Fsp3) is 0.257. The summed E-state index contributed by atoms with van der Waals surface area (Å²) in [7, 11) is 2.10. The van der Waals surface area contributed by atoms with Gasteiger partial charge in [0, 0.05) is 49.7 Å². The highest BCUT2D eigenvalue weighted by Gasteiger charge is 2.35. The van der Waals surface area contributed by atoms with E-state index in [-0.39, 0.29) is 23.9 Å². The summed E-state index contributed by atoms with van der Waals surface area (Å²) in [6, 6.07) is 35.7. The summed E-state index contributed by atoms with van der Waals surface area (Å²) in [5, 5.41) is 6.16. The molecule has 5 rings (SSSR count). The van der Waals surface area contributed by atoms with Crippen LogP contribution in [0.5, 0.6) is 0 Å². The van der Waals surface area contributed by atoms with Crippen molar-refractivity contribution in [3.05, 3.63) is 120 Å². The average Bonchev–Trinajstić information content (AvgIpc) is 3.51. The molecule has 0 bridgehead atoms. The molecule has 1 fully saturated rings. The normalized spacial score (nSPS) is 15.7. The number of benzene rings is 4. The maximum atomic E-state index is 13.2. The lowest BCUT2D eigenvalue weighted by molar-refractivity contribution is -0.126. The van der Waals surface area contributed by atoms with Crippen molar-refractivity contribution in [2.24, 2.45) is 0 Å². The second-order valence-electron chi connectivity index (χ2n) is 10.6. The zero-order chi connectivity index (χ0) is 28.6. The molecule has 1 heterocycles. The molecule has 6 heteroatoms. The van der Waals surface area contributed by atoms with Gasteiger partial charge in [0.2, 0.25) is 5.91 Å². The minimum atomic E-state index is -0.294. The summed E-state index contributed by atoms with van der Waals surface area (Å²) in [4.78, 5) is 31.0. The fourth-order valence-corrected chi connectivity index (χ4v) is 5.57. The molecule has 2 N–H and O–H groups in total. The molecule has 210 valence electrons. The molecule has 41 heavy (non-hydrogen) atoms. The second kappa shape index (κ2) is 13.3. The molecule has 2 amide bonds. The number of likely N-dealkylation sites (N-methyl/N-ethyl adjacent to an activating group) is 1. The summed E-state index contributed by atoms with van der Waals surface area (Å²) in [6.07, 6.45) is 1.88. The van der Waals surface area contributed by atoms with Crippen molar-refractivity contribution in [2.45, 2.75) is 31.8 Å².